The maximum Gasteiger partial charge on any atom is 0.257 e. The van der Waals surface area contributed by atoms with Crippen LogP contribution in [0, 0.1) is 17.6 Å². The number of carbonyl (C=O) groups excluding carboxylic acids is 1. The topological polar surface area (TPSA) is 49.6 Å². The molecule has 1 rings (SSSR count). The zero-order valence-electron chi connectivity index (χ0n) is 13.0. The molecule has 6 heteroatoms. The fourth-order valence-electron chi connectivity index (χ4n) is 1.97. The maximum atomic E-state index is 14.0. The Bertz CT molecular complexity index is 504. The van der Waals surface area contributed by atoms with Gasteiger partial charge in [0.1, 0.15) is 5.82 Å². The average Bonchev–Trinajstić information content (AvgIpc) is 2.37. The second-order valence-electron chi connectivity index (χ2n) is 5.80. The lowest BCUT2D eigenvalue weighted by atomic mass is 10.1. The zero-order chi connectivity index (χ0) is 16.2. The molecule has 0 fully saturated rings. The van der Waals surface area contributed by atoms with Crippen LogP contribution < -0.4 is 5.73 Å². The Morgan fingerprint density at radius 3 is 2.38 bits per heavy atom. The molecule has 1 amide bonds. The van der Waals surface area contributed by atoms with Crippen LogP contribution in [0.3, 0.4) is 0 Å². The molecule has 0 aliphatic heterocycles. The van der Waals surface area contributed by atoms with Crippen LogP contribution in [-0.4, -0.2) is 49.4 Å². The van der Waals surface area contributed by atoms with Gasteiger partial charge in [0.15, 0.2) is 5.82 Å². The predicted molar refractivity (Wildman–Crippen MR) is 80.1 cm³/mol. The SMILES string of the molecule is CC(C)CN(CCN(C)C)C(=O)c1cc(F)cc(N)c1F. The van der Waals surface area contributed by atoms with E-state index < -0.39 is 17.5 Å². The Labute approximate surface area is 124 Å². The highest BCUT2D eigenvalue weighted by atomic mass is 19.1. The van der Waals surface area contributed by atoms with Gasteiger partial charge in [-0.1, -0.05) is 13.8 Å². The van der Waals surface area contributed by atoms with Crippen LogP contribution in [0.2, 0.25) is 0 Å². The van der Waals surface area contributed by atoms with Crippen molar-refractivity contribution in [3.8, 4) is 0 Å². The number of nitrogens with zero attached hydrogens (tertiary/aromatic N) is 2. The summed E-state index contributed by atoms with van der Waals surface area (Å²) < 4.78 is 27.4. The quantitative estimate of drug-likeness (QED) is 0.819. The molecule has 0 aliphatic rings. The number of benzene rings is 1. The first kappa shape index (κ1) is 17.4. The zero-order valence-corrected chi connectivity index (χ0v) is 13.0. The van der Waals surface area contributed by atoms with E-state index in [-0.39, 0.29) is 17.2 Å². The van der Waals surface area contributed by atoms with E-state index in [0.29, 0.717) is 19.6 Å². The van der Waals surface area contributed by atoms with Crippen molar-refractivity contribution in [1.29, 1.82) is 0 Å². The lowest BCUT2D eigenvalue weighted by Gasteiger charge is -2.26. The van der Waals surface area contributed by atoms with Gasteiger partial charge in [-0.15, -0.1) is 0 Å². The van der Waals surface area contributed by atoms with Crippen LogP contribution in [0.5, 0.6) is 0 Å². The number of hydrogen-bond donors (Lipinski definition) is 1. The highest BCUT2D eigenvalue weighted by molar-refractivity contribution is 5.95. The van der Waals surface area contributed by atoms with Crippen molar-refractivity contribution in [2.24, 2.45) is 5.92 Å². The molecule has 0 spiro atoms. The van der Waals surface area contributed by atoms with Gasteiger partial charge in [-0.3, -0.25) is 4.79 Å². The first-order valence-electron chi connectivity index (χ1n) is 6.91. The number of anilines is 1. The van der Waals surface area contributed by atoms with Gasteiger partial charge < -0.3 is 15.5 Å². The number of nitrogen functional groups attached to an aromatic ring is 1. The first-order chi connectivity index (χ1) is 9.72. The van der Waals surface area contributed by atoms with E-state index in [2.05, 4.69) is 0 Å². The highest BCUT2D eigenvalue weighted by Crippen LogP contribution is 2.19. The van der Waals surface area contributed by atoms with Gasteiger partial charge in [0.2, 0.25) is 0 Å². The lowest BCUT2D eigenvalue weighted by Crippen LogP contribution is -2.39. The van der Waals surface area contributed by atoms with Gasteiger partial charge in [-0.25, -0.2) is 8.78 Å². The van der Waals surface area contributed by atoms with Gasteiger partial charge in [-0.2, -0.15) is 0 Å². The van der Waals surface area contributed by atoms with Gasteiger partial charge in [-0.05, 0) is 32.1 Å². The minimum atomic E-state index is -0.861. The molecule has 0 aromatic heterocycles. The lowest BCUT2D eigenvalue weighted by molar-refractivity contribution is 0.0719. The Morgan fingerprint density at radius 2 is 1.86 bits per heavy atom. The summed E-state index contributed by atoms with van der Waals surface area (Å²) in [6.45, 7) is 5.49. The van der Waals surface area contributed by atoms with E-state index in [0.717, 1.165) is 12.1 Å². The van der Waals surface area contributed by atoms with Crippen LogP contribution in [0.25, 0.3) is 0 Å². The molecule has 0 bridgehead atoms. The number of halogens is 2. The number of amides is 1. The number of likely N-dealkylation sites (N-methyl/N-ethyl adjacent to an activating group) is 1. The van der Waals surface area contributed by atoms with Crippen molar-refractivity contribution in [2.75, 3.05) is 39.5 Å². The fourth-order valence-corrected chi connectivity index (χ4v) is 1.97. The van der Waals surface area contributed by atoms with Crippen LogP contribution in [0.4, 0.5) is 14.5 Å². The first-order valence-corrected chi connectivity index (χ1v) is 6.91. The number of nitrogens with two attached hydrogens (primary N) is 1. The highest BCUT2D eigenvalue weighted by Gasteiger charge is 2.22. The molecule has 0 atom stereocenters. The van der Waals surface area contributed by atoms with Crippen molar-refractivity contribution < 1.29 is 13.6 Å². The van der Waals surface area contributed by atoms with E-state index >= 15 is 0 Å². The molecule has 0 heterocycles. The largest absolute Gasteiger partial charge is 0.396 e. The summed E-state index contributed by atoms with van der Waals surface area (Å²) in [6.07, 6.45) is 0. The molecule has 4 nitrogen and oxygen atoms in total. The molecule has 0 radical (unpaired) electrons. The normalized spacial score (nSPS) is 11.2. The Morgan fingerprint density at radius 1 is 1.24 bits per heavy atom. The second kappa shape index (κ2) is 7.36. The summed E-state index contributed by atoms with van der Waals surface area (Å²) in [6, 6.07) is 1.77. The molecule has 118 valence electrons. The van der Waals surface area contributed by atoms with Crippen LogP contribution in [0.1, 0.15) is 24.2 Å². The van der Waals surface area contributed by atoms with Crippen molar-refractivity contribution in [3.05, 3.63) is 29.3 Å². The minimum Gasteiger partial charge on any atom is -0.396 e. The van der Waals surface area contributed by atoms with Crippen molar-refractivity contribution in [3.63, 3.8) is 0 Å². The number of rotatable bonds is 6. The molecular weight excluding hydrogens is 276 g/mol. The van der Waals surface area contributed by atoms with Crippen molar-refractivity contribution in [2.45, 2.75) is 13.8 Å². The standard InChI is InChI=1S/C15H23F2N3O/c1-10(2)9-20(6-5-19(3)4)15(21)12-7-11(16)8-13(18)14(12)17/h7-8,10H,5-6,9,18H2,1-4H3. The molecule has 0 saturated carbocycles. The molecule has 21 heavy (non-hydrogen) atoms. The van der Waals surface area contributed by atoms with Crippen molar-refractivity contribution >= 4 is 11.6 Å². The Hall–Kier alpha value is -1.69. The van der Waals surface area contributed by atoms with E-state index in [4.69, 9.17) is 5.73 Å². The van der Waals surface area contributed by atoms with E-state index in [1.54, 1.807) is 0 Å². The summed E-state index contributed by atoms with van der Waals surface area (Å²) in [5.41, 5.74) is 4.72. The molecule has 0 aliphatic carbocycles. The third-order valence-electron chi connectivity index (χ3n) is 2.99. The monoisotopic (exact) mass is 299 g/mol. The van der Waals surface area contributed by atoms with Gasteiger partial charge in [0, 0.05) is 19.6 Å². The van der Waals surface area contributed by atoms with E-state index in [1.165, 1.54) is 4.90 Å². The Balaban J connectivity index is 3.04. The maximum absolute atomic E-state index is 14.0. The molecule has 0 unspecified atom stereocenters. The van der Waals surface area contributed by atoms with Crippen LogP contribution in [0.15, 0.2) is 12.1 Å². The average molecular weight is 299 g/mol. The molecule has 1 aromatic carbocycles. The second-order valence-corrected chi connectivity index (χ2v) is 5.80. The van der Waals surface area contributed by atoms with E-state index in [9.17, 15) is 13.6 Å². The molecule has 2 N–H and O–H groups in total. The van der Waals surface area contributed by atoms with E-state index in [1.807, 2.05) is 32.8 Å². The summed E-state index contributed by atoms with van der Waals surface area (Å²) in [5.74, 6) is -1.88. The van der Waals surface area contributed by atoms with Gasteiger partial charge >= 0.3 is 0 Å². The summed E-state index contributed by atoms with van der Waals surface area (Å²) >= 11 is 0. The third kappa shape index (κ3) is 4.97. The molecule has 0 saturated heterocycles. The van der Waals surface area contributed by atoms with Gasteiger partial charge in [0.25, 0.3) is 5.91 Å². The molecular formula is C15H23F2N3O. The Kier molecular flexibility index (Phi) is 6.08. The van der Waals surface area contributed by atoms with Crippen molar-refractivity contribution in [1.82, 2.24) is 9.80 Å². The summed E-state index contributed by atoms with van der Waals surface area (Å²) in [5, 5.41) is 0. The number of hydrogen-bond acceptors (Lipinski definition) is 3. The third-order valence-corrected chi connectivity index (χ3v) is 2.99. The predicted octanol–water partition coefficient (Wildman–Crippen LogP) is 2.21. The number of carbonyl (C=O) groups is 1. The van der Waals surface area contributed by atoms with Gasteiger partial charge in [0.05, 0.1) is 11.3 Å². The summed E-state index contributed by atoms with van der Waals surface area (Å²) in [7, 11) is 3.78. The summed E-state index contributed by atoms with van der Waals surface area (Å²) in [4.78, 5) is 15.9. The van der Waals surface area contributed by atoms with Crippen LogP contribution in [-0.2, 0) is 0 Å². The molecule has 1 aromatic rings. The van der Waals surface area contributed by atoms with Crippen LogP contribution >= 0.6 is 0 Å². The smallest absolute Gasteiger partial charge is 0.257 e. The fraction of sp³-hybridized carbons (Fsp3) is 0.533. The minimum absolute atomic E-state index is 0.227.